The van der Waals surface area contributed by atoms with Crippen LogP contribution in [0.3, 0.4) is 0 Å². The molecule has 0 heterocycles. The quantitative estimate of drug-likeness (QED) is 0.378. The Kier molecular flexibility index (Phi) is 5.10. The van der Waals surface area contributed by atoms with Gasteiger partial charge < -0.3 is 4.74 Å². The van der Waals surface area contributed by atoms with E-state index in [1.54, 1.807) is 12.4 Å². The molecular weight excluding hydrogens is 156 g/mol. The molecule has 0 amide bonds. The van der Waals surface area contributed by atoms with Crippen LogP contribution < -0.4 is 5.48 Å². The fourth-order valence-electron chi connectivity index (χ4n) is 0.452. The molecule has 0 aromatic rings. The molecule has 0 aromatic carbocycles. The first kappa shape index (κ1) is 9.90. The minimum absolute atomic E-state index is 0.134. The Balaban J connectivity index is 4.00. The van der Waals surface area contributed by atoms with E-state index in [1.807, 2.05) is 0 Å². The number of allylic oxidation sites excluding steroid dienone is 2. The number of hydroxylamine groups is 1. The van der Waals surface area contributed by atoms with Crippen LogP contribution in [0, 0.1) is 0 Å². The lowest BCUT2D eigenvalue weighted by molar-refractivity contribution is -0.0930. The van der Waals surface area contributed by atoms with E-state index in [4.69, 9.17) is 5.21 Å². The lowest BCUT2D eigenvalue weighted by Gasteiger charge is -2.03. The maximum absolute atomic E-state index is 11.5. The Hall–Kier alpha value is -1.10. The molecule has 0 fully saturated rings. The van der Waals surface area contributed by atoms with Crippen LogP contribution in [0.4, 0.5) is 8.78 Å². The summed E-state index contributed by atoms with van der Waals surface area (Å²) in [5.74, 6) is -0.134. The molecule has 0 aromatic heterocycles. The lowest BCUT2D eigenvalue weighted by Crippen LogP contribution is -2.02. The average molecular weight is 165 g/mol. The molecule has 11 heavy (non-hydrogen) atoms. The number of hydrogen-bond acceptors (Lipinski definition) is 3. The second-order valence-corrected chi connectivity index (χ2v) is 1.55. The highest BCUT2D eigenvalue weighted by Crippen LogP contribution is 2.05. The van der Waals surface area contributed by atoms with Gasteiger partial charge in [0.1, 0.15) is 5.76 Å². The van der Waals surface area contributed by atoms with Crippen molar-refractivity contribution in [1.82, 2.24) is 5.48 Å². The molecule has 0 aliphatic carbocycles. The average Bonchev–Trinajstić information content (AvgIpc) is 1.87. The van der Waals surface area contributed by atoms with Crippen LogP contribution in [0.15, 0.2) is 24.1 Å². The SMILES string of the molecule is C/C=C\C(=C/NO)OC(F)F. The summed E-state index contributed by atoms with van der Waals surface area (Å²) in [5.41, 5.74) is 1.59. The zero-order valence-electron chi connectivity index (χ0n) is 5.92. The zero-order valence-corrected chi connectivity index (χ0v) is 5.92. The summed E-state index contributed by atoms with van der Waals surface area (Å²) >= 11 is 0. The molecular formula is C6H9F2NO2. The minimum Gasteiger partial charge on any atom is -0.433 e. The van der Waals surface area contributed by atoms with E-state index in [9.17, 15) is 8.78 Å². The molecule has 5 heteroatoms. The Bertz CT molecular complexity index is 157. The zero-order chi connectivity index (χ0) is 8.69. The predicted octanol–water partition coefficient (Wildman–Crippen LogP) is 1.62. The Labute approximate surface area is 62.9 Å². The molecule has 0 bridgehead atoms. The number of nitrogens with one attached hydrogen (secondary N) is 1. The summed E-state index contributed by atoms with van der Waals surface area (Å²) in [7, 11) is 0. The molecule has 0 aliphatic heterocycles. The van der Waals surface area contributed by atoms with Crippen LogP contribution in [0.1, 0.15) is 6.92 Å². The first-order chi connectivity index (χ1) is 5.20. The van der Waals surface area contributed by atoms with Crippen molar-refractivity contribution >= 4 is 0 Å². The van der Waals surface area contributed by atoms with E-state index in [0.717, 1.165) is 6.20 Å². The van der Waals surface area contributed by atoms with Crippen LogP contribution in [0.25, 0.3) is 0 Å². The molecule has 64 valence electrons. The van der Waals surface area contributed by atoms with Gasteiger partial charge >= 0.3 is 6.61 Å². The van der Waals surface area contributed by atoms with Crippen LogP contribution >= 0.6 is 0 Å². The molecule has 2 N–H and O–H groups in total. The summed E-state index contributed by atoms with van der Waals surface area (Å²) in [5, 5.41) is 8.09. The molecule has 0 unspecified atom stereocenters. The topological polar surface area (TPSA) is 41.5 Å². The predicted molar refractivity (Wildman–Crippen MR) is 34.9 cm³/mol. The maximum atomic E-state index is 11.5. The summed E-state index contributed by atoms with van der Waals surface area (Å²) in [6, 6.07) is 0. The summed E-state index contributed by atoms with van der Waals surface area (Å²) in [6.45, 7) is -1.24. The van der Waals surface area contributed by atoms with Gasteiger partial charge in [-0.2, -0.15) is 8.78 Å². The van der Waals surface area contributed by atoms with Gasteiger partial charge in [0.05, 0.1) is 6.20 Å². The third kappa shape index (κ3) is 5.35. The van der Waals surface area contributed by atoms with Crippen molar-refractivity contribution in [2.24, 2.45) is 0 Å². The van der Waals surface area contributed by atoms with Crippen molar-refractivity contribution in [3.05, 3.63) is 24.1 Å². The van der Waals surface area contributed by atoms with E-state index in [-0.39, 0.29) is 5.76 Å². The third-order valence-electron chi connectivity index (χ3n) is 0.763. The van der Waals surface area contributed by atoms with Crippen molar-refractivity contribution in [2.45, 2.75) is 13.5 Å². The van der Waals surface area contributed by atoms with E-state index in [0.29, 0.717) is 0 Å². The van der Waals surface area contributed by atoms with Gasteiger partial charge in [0.2, 0.25) is 0 Å². The van der Waals surface area contributed by atoms with Crippen molar-refractivity contribution in [2.75, 3.05) is 0 Å². The highest BCUT2D eigenvalue weighted by Gasteiger charge is 2.02. The van der Waals surface area contributed by atoms with Crippen LogP contribution in [0.2, 0.25) is 0 Å². The minimum atomic E-state index is -2.88. The fraction of sp³-hybridized carbons (Fsp3) is 0.333. The summed E-state index contributed by atoms with van der Waals surface area (Å²) in [6.07, 6.45) is 3.70. The highest BCUT2D eigenvalue weighted by molar-refractivity contribution is 5.09. The van der Waals surface area contributed by atoms with Gasteiger partial charge in [0.25, 0.3) is 0 Å². The first-order valence-electron chi connectivity index (χ1n) is 2.88. The van der Waals surface area contributed by atoms with Crippen LogP contribution in [-0.4, -0.2) is 11.8 Å². The van der Waals surface area contributed by atoms with E-state index in [2.05, 4.69) is 4.74 Å². The van der Waals surface area contributed by atoms with Gasteiger partial charge in [-0.05, 0) is 13.0 Å². The number of ether oxygens (including phenoxy) is 1. The third-order valence-corrected chi connectivity index (χ3v) is 0.763. The number of hydrogen-bond donors (Lipinski definition) is 2. The molecule has 0 spiro atoms. The van der Waals surface area contributed by atoms with Crippen molar-refractivity contribution in [1.29, 1.82) is 0 Å². The van der Waals surface area contributed by atoms with Crippen molar-refractivity contribution < 1.29 is 18.7 Å². The lowest BCUT2D eigenvalue weighted by atomic mass is 10.4. The summed E-state index contributed by atoms with van der Waals surface area (Å²) in [4.78, 5) is 0. The fourth-order valence-corrected chi connectivity index (χ4v) is 0.452. The second-order valence-electron chi connectivity index (χ2n) is 1.55. The van der Waals surface area contributed by atoms with E-state index < -0.39 is 6.61 Å². The van der Waals surface area contributed by atoms with Gasteiger partial charge in [-0.25, -0.2) is 0 Å². The van der Waals surface area contributed by atoms with E-state index in [1.165, 1.54) is 12.2 Å². The van der Waals surface area contributed by atoms with Gasteiger partial charge in [-0.15, -0.1) is 0 Å². The summed E-state index contributed by atoms with van der Waals surface area (Å²) < 4.78 is 27.0. The van der Waals surface area contributed by atoms with Gasteiger partial charge in [-0.3, -0.25) is 10.7 Å². The monoisotopic (exact) mass is 165 g/mol. The maximum Gasteiger partial charge on any atom is 0.387 e. The van der Waals surface area contributed by atoms with Gasteiger partial charge in [0.15, 0.2) is 0 Å². The van der Waals surface area contributed by atoms with Gasteiger partial charge in [-0.1, -0.05) is 6.08 Å². The first-order valence-corrected chi connectivity index (χ1v) is 2.88. The van der Waals surface area contributed by atoms with E-state index >= 15 is 0 Å². The largest absolute Gasteiger partial charge is 0.433 e. The van der Waals surface area contributed by atoms with Crippen molar-refractivity contribution in [3.63, 3.8) is 0 Å². The standard InChI is InChI=1S/C6H9F2NO2/c1-2-3-5(4-9-10)11-6(7)8/h2-4,6,9-10H,1H3/b3-2-,5-4+. The highest BCUT2D eigenvalue weighted by atomic mass is 19.3. The number of alkyl halides is 2. The molecule has 0 atom stereocenters. The molecule has 0 saturated heterocycles. The Morgan fingerprint density at radius 1 is 1.64 bits per heavy atom. The molecule has 0 saturated carbocycles. The van der Waals surface area contributed by atoms with Crippen molar-refractivity contribution in [3.8, 4) is 0 Å². The molecule has 3 nitrogen and oxygen atoms in total. The Morgan fingerprint density at radius 2 is 2.27 bits per heavy atom. The Morgan fingerprint density at radius 3 is 2.64 bits per heavy atom. The normalized spacial score (nSPS) is 12.6. The molecule has 0 radical (unpaired) electrons. The smallest absolute Gasteiger partial charge is 0.387 e. The number of halogens is 2. The van der Waals surface area contributed by atoms with Crippen LogP contribution in [-0.2, 0) is 4.74 Å². The second kappa shape index (κ2) is 5.67. The van der Waals surface area contributed by atoms with Crippen LogP contribution in [0.5, 0.6) is 0 Å². The number of rotatable bonds is 4. The molecule has 0 rings (SSSR count). The van der Waals surface area contributed by atoms with Gasteiger partial charge in [0, 0.05) is 0 Å². The molecule has 0 aliphatic rings.